The fourth-order valence-electron chi connectivity index (χ4n) is 4.07. The highest BCUT2D eigenvalue weighted by Gasteiger charge is 2.49. The highest BCUT2D eigenvalue weighted by molar-refractivity contribution is 5.85. The van der Waals surface area contributed by atoms with Crippen LogP contribution in [-0.2, 0) is 4.79 Å². The van der Waals surface area contributed by atoms with Crippen molar-refractivity contribution in [3.63, 3.8) is 0 Å². The molecule has 23 heavy (non-hydrogen) atoms. The maximum Gasteiger partial charge on any atom is 0.230 e. The predicted octanol–water partition coefficient (Wildman–Crippen LogP) is 2.32. The molecule has 1 spiro atoms. The van der Waals surface area contributed by atoms with Gasteiger partial charge in [-0.25, -0.2) is 4.98 Å². The highest BCUT2D eigenvalue weighted by atomic mass is 16.2. The van der Waals surface area contributed by atoms with Gasteiger partial charge in [-0.05, 0) is 51.9 Å². The van der Waals surface area contributed by atoms with Crippen LogP contribution in [0.2, 0.25) is 0 Å². The van der Waals surface area contributed by atoms with Crippen LogP contribution >= 0.6 is 0 Å². The van der Waals surface area contributed by atoms with Crippen LogP contribution in [0.15, 0.2) is 6.20 Å². The number of hydrogen-bond donors (Lipinski definition) is 0. The van der Waals surface area contributed by atoms with Crippen LogP contribution in [0.4, 0.5) is 5.82 Å². The molecule has 1 aromatic heterocycles. The first-order chi connectivity index (χ1) is 11.1. The van der Waals surface area contributed by atoms with E-state index in [1.165, 1.54) is 12.8 Å². The number of aromatic nitrogens is 2. The monoisotopic (exact) mass is 314 g/mol. The first-order valence-electron chi connectivity index (χ1n) is 8.92. The van der Waals surface area contributed by atoms with E-state index in [1.54, 1.807) is 0 Å². The summed E-state index contributed by atoms with van der Waals surface area (Å²) < 4.78 is 0. The quantitative estimate of drug-likeness (QED) is 0.859. The van der Waals surface area contributed by atoms with Gasteiger partial charge in [0.05, 0.1) is 23.0 Å². The van der Waals surface area contributed by atoms with E-state index in [0.717, 1.165) is 68.6 Å². The number of carbonyl (C=O) groups excluding carboxylic acids is 1. The van der Waals surface area contributed by atoms with Crippen molar-refractivity contribution in [1.82, 2.24) is 14.9 Å². The number of carbonyl (C=O) groups is 1. The van der Waals surface area contributed by atoms with E-state index in [0.29, 0.717) is 5.91 Å². The van der Waals surface area contributed by atoms with Crippen LogP contribution in [0.3, 0.4) is 0 Å². The van der Waals surface area contributed by atoms with Crippen molar-refractivity contribution in [3.8, 4) is 0 Å². The van der Waals surface area contributed by atoms with E-state index in [2.05, 4.69) is 19.8 Å². The molecule has 1 aliphatic carbocycles. The number of hydrogen-bond acceptors (Lipinski definition) is 4. The summed E-state index contributed by atoms with van der Waals surface area (Å²) in [6, 6.07) is 0. The Morgan fingerprint density at radius 1 is 1.22 bits per heavy atom. The minimum Gasteiger partial charge on any atom is -0.354 e. The number of rotatable bonds is 3. The summed E-state index contributed by atoms with van der Waals surface area (Å²) in [4.78, 5) is 26.6. The van der Waals surface area contributed by atoms with E-state index in [1.807, 2.05) is 20.0 Å². The van der Waals surface area contributed by atoms with Gasteiger partial charge in [0.15, 0.2) is 0 Å². The first-order valence-corrected chi connectivity index (χ1v) is 8.92. The molecule has 0 aromatic carbocycles. The Bertz CT molecular complexity index is 627. The Morgan fingerprint density at radius 2 is 2.04 bits per heavy atom. The number of anilines is 1. The van der Waals surface area contributed by atoms with Gasteiger partial charge in [0.2, 0.25) is 5.91 Å². The lowest BCUT2D eigenvalue weighted by atomic mass is 9.78. The zero-order valence-electron chi connectivity index (χ0n) is 14.2. The summed E-state index contributed by atoms with van der Waals surface area (Å²) in [5, 5.41) is 0. The normalized spacial score (nSPS) is 28.0. The summed E-state index contributed by atoms with van der Waals surface area (Å²) in [5.41, 5.74) is 1.79. The van der Waals surface area contributed by atoms with Crippen molar-refractivity contribution >= 4 is 11.7 Å². The summed E-state index contributed by atoms with van der Waals surface area (Å²) in [6.07, 6.45) is 7.60. The van der Waals surface area contributed by atoms with Gasteiger partial charge in [0, 0.05) is 26.2 Å². The van der Waals surface area contributed by atoms with Crippen LogP contribution in [0.1, 0.15) is 43.5 Å². The fraction of sp³-hybridized carbons (Fsp3) is 0.722. The molecule has 3 fully saturated rings. The van der Waals surface area contributed by atoms with Crippen molar-refractivity contribution in [2.45, 2.75) is 46.0 Å². The van der Waals surface area contributed by atoms with Crippen molar-refractivity contribution in [2.75, 3.05) is 31.1 Å². The molecule has 1 atom stereocenters. The average molecular weight is 314 g/mol. The Balaban J connectivity index is 1.51. The van der Waals surface area contributed by atoms with Crippen molar-refractivity contribution in [3.05, 3.63) is 17.6 Å². The average Bonchev–Trinajstić information content (AvgIpc) is 3.25. The topological polar surface area (TPSA) is 49.3 Å². The molecular formula is C18H26N4O. The van der Waals surface area contributed by atoms with Gasteiger partial charge in [-0.15, -0.1) is 0 Å². The number of nitrogens with zero attached hydrogens (tertiary/aromatic N) is 4. The summed E-state index contributed by atoms with van der Waals surface area (Å²) >= 11 is 0. The third kappa shape index (κ3) is 2.70. The van der Waals surface area contributed by atoms with Crippen LogP contribution in [0.25, 0.3) is 0 Å². The van der Waals surface area contributed by atoms with Crippen molar-refractivity contribution in [1.29, 1.82) is 0 Å². The lowest BCUT2D eigenvalue weighted by Gasteiger charge is -2.39. The Kier molecular flexibility index (Phi) is 3.54. The molecule has 3 aliphatic rings. The second-order valence-electron chi connectivity index (χ2n) is 7.65. The second-order valence-corrected chi connectivity index (χ2v) is 7.65. The fourth-order valence-corrected chi connectivity index (χ4v) is 4.07. The number of piperidine rings is 1. The molecule has 2 saturated heterocycles. The second kappa shape index (κ2) is 5.46. The molecule has 0 radical (unpaired) electrons. The third-order valence-electron chi connectivity index (χ3n) is 5.86. The molecule has 0 bridgehead atoms. The van der Waals surface area contributed by atoms with Gasteiger partial charge in [-0.3, -0.25) is 9.78 Å². The maximum absolute atomic E-state index is 13.1. The standard InChI is InChI=1S/C18H26N4O/c1-13-14(2)20-16(10-19-13)22-9-7-18(12-22)6-3-8-21(17(18)23)11-15-4-5-15/h10,15H,3-9,11-12H2,1-2H3. The molecule has 0 N–H and O–H groups in total. The van der Waals surface area contributed by atoms with Crippen molar-refractivity contribution in [2.24, 2.45) is 11.3 Å². The molecule has 4 rings (SSSR count). The minimum absolute atomic E-state index is 0.173. The van der Waals surface area contributed by atoms with Gasteiger partial charge < -0.3 is 9.80 Å². The minimum atomic E-state index is -0.173. The van der Waals surface area contributed by atoms with Gasteiger partial charge in [0.25, 0.3) is 0 Å². The number of likely N-dealkylation sites (tertiary alicyclic amines) is 1. The Hall–Kier alpha value is -1.65. The lowest BCUT2D eigenvalue weighted by Crippen LogP contribution is -2.50. The van der Waals surface area contributed by atoms with E-state index in [4.69, 9.17) is 0 Å². The Labute approximate surface area is 138 Å². The van der Waals surface area contributed by atoms with Gasteiger partial charge in [-0.1, -0.05) is 0 Å². The zero-order chi connectivity index (χ0) is 16.0. The smallest absolute Gasteiger partial charge is 0.230 e. The molecule has 5 nitrogen and oxygen atoms in total. The molecular weight excluding hydrogens is 288 g/mol. The maximum atomic E-state index is 13.1. The molecule has 1 unspecified atom stereocenters. The van der Waals surface area contributed by atoms with Gasteiger partial charge >= 0.3 is 0 Å². The third-order valence-corrected chi connectivity index (χ3v) is 5.86. The summed E-state index contributed by atoms with van der Waals surface area (Å²) in [7, 11) is 0. The molecule has 124 valence electrons. The van der Waals surface area contributed by atoms with Crippen LogP contribution in [-0.4, -0.2) is 47.0 Å². The number of amides is 1. The Morgan fingerprint density at radius 3 is 2.78 bits per heavy atom. The SMILES string of the molecule is Cc1ncc(N2CCC3(CCCN(CC4CC4)C3=O)C2)nc1C. The summed E-state index contributed by atoms with van der Waals surface area (Å²) in [6.45, 7) is 7.66. The molecule has 1 saturated carbocycles. The molecule has 3 heterocycles. The van der Waals surface area contributed by atoms with E-state index in [-0.39, 0.29) is 5.41 Å². The molecule has 5 heteroatoms. The van der Waals surface area contributed by atoms with E-state index in [9.17, 15) is 4.79 Å². The highest BCUT2D eigenvalue weighted by Crippen LogP contribution is 2.42. The lowest BCUT2D eigenvalue weighted by molar-refractivity contribution is -0.145. The van der Waals surface area contributed by atoms with Crippen molar-refractivity contribution < 1.29 is 4.79 Å². The van der Waals surface area contributed by atoms with E-state index >= 15 is 0 Å². The molecule has 2 aliphatic heterocycles. The zero-order valence-corrected chi connectivity index (χ0v) is 14.2. The van der Waals surface area contributed by atoms with Crippen LogP contribution in [0.5, 0.6) is 0 Å². The largest absolute Gasteiger partial charge is 0.354 e. The van der Waals surface area contributed by atoms with Gasteiger partial charge in [-0.2, -0.15) is 0 Å². The summed E-state index contributed by atoms with van der Waals surface area (Å²) in [5.74, 6) is 2.10. The molecule has 1 amide bonds. The van der Waals surface area contributed by atoms with E-state index < -0.39 is 0 Å². The first kappa shape index (κ1) is 14.9. The molecule has 1 aromatic rings. The van der Waals surface area contributed by atoms with Gasteiger partial charge in [0.1, 0.15) is 5.82 Å². The van der Waals surface area contributed by atoms with Crippen LogP contribution < -0.4 is 4.90 Å². The number of aryl methyl sites for hydroxylation is 2. The van der Waals surface area contributed by atoms with Crippen LogP contribution in [0, 0.1) is 25.2 Å². The predicted molar refractivity (Wildman–Crippen MR) is 89.3 cm³/mol.